The standard InChI is InChI=1S/C9H8N3/c1-9(7-10-12-11-9)8-5-3-2-4-6-8/h3-7H,1H3. The Hall–Kier alpha value is -1.51. The second kappa shape index (κ2) is 2.52. The van der Waals surface area contributed by atoms with Gasteiger partial charge in [0.25, 0.3) is 0 Å². The predicted octanol–water partition coefficient (Wildman–Crippen LogP) is 2.15. The van der Waals surface area contributed by atoms with E-state index in [0.717, 1.165) is 5.56 Å². The first-order valence-electron chi connectivity index (χ1n) is 3.74. The topological polar surface area (TPSA) is 37.1 Å². The Labute approximate surface area is 70.8 Å². The molecule has 1 aromatic rings. The van der Waals surface area contributed by atoms with E-state index in [-0.39, 0.29) is 5.54 Å². The van der Waals surface area contributed by atoms with E-state index in [0.29, 0.717) is 0 Å². The van der Waals surface area contributed by atoms with Gasteiger partial charge in [-0.3, -0.25) is 0 Å². The summed E-state index contributed by atoms with van der Waals surface area (Å²) in [5.74, 6) is 0. The van der Waals surface area contributed by atoms with Crippen molar-refractivity contribution in [2.24, 2.45) is 15.4 Å². The van der Waals surface area contributed by atoms with Crippen molar-refractivity contribution in [3.05, 3.63) is 35.9 Å². The average molecular weight is 158 g/mol. The van der Waals surface area contributed by atoms with Crippen LogP contribution in [0.15, 0.2) is 39.7 Å². The summed E-state index contributed by atoms with van der Waals surface area (Å²) < 4.78 is 0. The third-order valence-electron chi connectivity index (χ3n) is 1.92. The van der Waals surface area contributed by atoms with E-state index in [1.165, 1.54) is 0 Å². The average Bonchev–Trinajstić information content (AvgIpc) is 2.55. The van der Waals surface area contributed by atoms with Crippen LogP contribution in [0.2, 0.25) is 0 Å². The van der Waals surface area contributed by atoms with Gasteiger partial charge in [-0.1, -0.05) is 24.3 Å². The maximum Gasteiger partial charge on any atom is 0.143 e. The van der Waals surface area contributed by atoms with Gasteiger partial charge in [-0.2, -0.15) is 5.11 Å². The van der Waals surface area contributed by atoms with Crippen LogP contribution in [-0.4, -0.2) is 6.21 Å². The second-order valence-electron chi connectivity index (χ2n) is 2.87. The van der Waals surface area contributed by atoms with Gasteiger partial charge in [0.1, 0.15) is 5.54 Å². The Kier molecular flexibility index (Phi) is 1.50. The maximum absolute atomic E-state index is 4.03. The van der Waals surface area contributed by atoms with Gasteiger partial charge in [0.2, 0.25) is 0 Å². The van der Waals surface area contributed by atoms with E-state index in [1.54, 1.807) is 6.21 Å². The van der Waals surface area contributed by atoms with Gasteiger partial charge in [-0.15, -0.1) is 5.10 Å². The minimum Gasteiger partial charge on any atom is -0.152 e. The van der Waals surface area contributed by atoms with Gasteiger partial charge in [0.05, 0.1) is 6.21 Å². The van der Waals surface area contributed by atoms with Crippen LogP contribution in [-0.2, 0) is 5.54 Å². The molecule has 0 N–H and O–H groups in total. The second-order valence-corrected chi connectivity index (χ2v) is 2.87. The number of benzene rings is 1. The third-order valence-corrected chi connectivity index (χ3v) is 1.92. The molecule has 0 aromatic heterocycles. The molecule has 1 atom stereocenters. The molecule has 59 valence electrons. The van der Waals surface area contributed by atoms with Crippen LogP contribution in [0.3, 0.4) is 0 Å². The van der Waals surface area contributed by atoms with Gasteiger partial charge in [-0.25, -0.2) is 0 Å². The summed E-state index contributed by atoms with van der Waals surface area (Å²) >= 11 is 0. The van der Waals surface area contributed by atoms with Gasteiger partial charge in [0.15, 0.2) is 0 Å². The van der Waals surface area contributed by atoms with Crippen LogP contribution in [0.1, 0.15) is 12.5 Å². The summed E-state index contributed by atoms with van der Waals surface area (Å²) in [6, 6.07) is 10.6. The minimum absolute atomic E-state index is 0.366. The van der Waals surface area contributed by atoms with E-state index < -0.39 is 0 Å². The highest BCUT2D eigenvalue weighted by Crippen LogP contribution is 2.26. The van der Waals surface area contributed by atoms with Crippen molar-refractivity contribution in [1.29, 1.82) is 0 Å². The molecule has 1 aliphatic heterocycles. The molecular weight excluding hydrogens is 150 g/mol. The van der Waals surface area contributed by atoms with E-state index >= 15 is 0 Å². The van der Waals surface area contributed by atoms with E-state index in [4.69, 9.17) is 0 Å². The third kappa shape index (κ3) is 1.03. The van der Waals surface area contributed by atoms with Gasteiger partial charge in [-0.05, 0) is 23.8 Å². The fourth-order valence-electron chi connectivity index (χ4n) is 1.14. The van der Waals surface area contributed by atoms with Gasteiger partial charge >= 0.3 is 0 Å². The summed E-state index contributed by atoms with van der Waals surface area (Å²) in [5.41, 5.74) is 0.723. The van der Waals surface area contributed by atoms with Crippen molar-refractivity contribution in [3.63, 3.8) is 0 Å². The summed E-state index contributed by atoms with van der Waals surface area (Å²) in [6.45, 7) is 1.97. The fraction of sp³-hybridized carbons (Fsp3) is 0.222. The molecule has 0 amide bonds. The monoisotopic (exact) mass is 158 g/mol. The zero-order valence-electron chi connectivity index (χ0n) is 6.73. The van der Waals surface area contributed by atoms with E-state index in [9.17, 15) is 0 Å². The number of nitrogens with zero attached hydrogens (tertiary/aromatic N) is 3. The normalized spacial score (nSPS) is 26.4. The number of hydrogen-bond donors (Lipinski definition) is 0. The van der Waals surface area contributed by atoms with Crippen molar-refractivity contribution in [2.75, 3.05) is 0 Å². The van der Waals surface area contributed by atoms with Crippen LogP contribution in [0.5, 0.6) is 0 Å². The van der Waals surface area contributed by atoms with Crippen LogP contribution in [0.25, 0.3) is 0 Å². The fourth-order valence-corrected chi connectivity index (χ4v) is 1.14. The molecule has 1 aromatic carbocycles. The summed E-state index contributed by atoms with van der Waals surface area (Å²) in [4.78, 5) is 0. The van der Waals surface area contributed by atoms with Crippen LogP contribution >= 0.6 is 0 Å². The summed E-state index contributed by atoms with van der Waals surface area (Å²) in [6.07, 6.45) is 1.74. The zero-order valence-corrected chi connectivity index (χ0v) is 6.73. The summed E-state index contributed by atoms with van der Waals surface area (Å²) in [7, 11) is 0. The Balaban J connectivity index is 2.43. The Bertz CT molecular complexity index is 315. The van der Waals surface area contributed by atoms with Crippen LogP contribution in [0, 0.1) is 6.07 Å². The lowest BCUT2D eigenvalue weighted by molar-refractivity contribution is 0.671. The zero-order chi connectivity index (χ0) is 8.44. The van der Waals surface area contributed by atoms with E-state index in [2.05, 4.69) is 21.5 Å². The molecule has 3 nitrogen and oxygen atoms in total. The van der Waals surface area contributed by atoms with Crippen molar-refractivity contribution >= 4 is 6.21 Å². The molecule has 0 fully saturated rings. The first kappa shape index (κ1) is 7.16. The van der Waals surface area contributed by atoms with Crippen molar-refractivity contribution in [2.45, 2.75) is 12.5 Å². The first-order valence-corrected chi connectivity index (χ1v) is 3.74. The molecule has 2 rings (SSSR count). The lowest BCUT2D eigenvalue weighted by atomic mass is 9.95. The van der Waals surface area contributed by atoms with Crippen LogP contribution < -0.4 is 0 Å². The molecule has 0 saturated carbocycles. The van der Waals surface area contributed by atoms with Crippen molar-refractivity contribution < 1.29 is 0 Å². The summed E-state index contributed by atoms with van der Waals surface area (Å²) in [5, 5.41) is 11.4. The molecule has 12 heavy (non-hydrogen) atoms. The molecular formula is C9H8N3. The highest BCUT2D eigenvalue weighted by Gasteiger charge is 2.26. The van der Waals surface area contributed by atoms with E-state index in [1.807, 2.05) is 31.2 Å². The highest BCUT2D eigenvalue weighted by atomic mass is 15.4. The predicted molar refractivity (Wildman–Crippen MR) is 46.0 cm³/mol. The SMILES string of the molecule is CC1(c2cc[c]cc2)C=NN=N1. The largest absolute Gasteiger partial charge is 0.152 e. The molecule has 1 heterocycles. The molecule has 1 radical (unpaired) electrons. The smallest absolute Gasteiger partial charge is 0.143 e. The van der Waals surface area contributed by atoms with Crippen molar-refractivity contribution in [3.8, 4) is 0 Å². The highest BCUT2D eigenvalue weighted by molar-refractivity contribution is 5.73. The molecule has 1 aliphatic rings. The van der Waals surface area contributed by atoms with Crippen molar-refractivity contribution in [1.82, 2.24) is 0 Å². The van der Waals surface area contributed by atoms with Gasteiger partial charge in [0, 0.05) is 0 Å². The molecule has 1 unspecified atom stereocenters. The lowest BCUT2D eigenvalue weighted by Gasteiger charge is -2.14. The molecule has 0 bridgehead atoms. The maximum atomic E-state index is 4.03. The Morgan fingerprint density at radius 2 is 2.08 bits per heavy atom. The van der Waals surface area contributed by atoms with Crippen LogP contribution in [0.4, 0.5) is 0 Å². The number of hydrogen-bond acceptors (Lipinski definition) is 3. The molecule has 0 spiro atoms. The molecule has 3 heteroatoms. The van der Waals surface area contributed by atoms with Gasteiger partial charge < -0.3 is 0 Å². The lowest BCUT2D eigenvalue weighted by Crippen LogP contribution is -2.17. The number of rotatable bonds is 1. The first-order chi connectivity index (χ1) is 5.81. The molecule has 0 aliphatic carbocycles. The Morgan fingerprint density at radius 1 is 1.33 bits per heavy atom. The Morgan fingerprint density at radius 3 is 2.67 bits per heavy atom. The molecule has 0 saturated heterocycles. The minimum atomic E-state index is -0.366. The quantitative estimate of drug-likeness (QED) is 0.600.